The second kappa shape index (κ2) is 5.38. The zero-order chi connectivity index (χ0) is 15.1. The van der Waals surface area contributed by atoms with E-state index in [0.717, 1.165) is 17.9 Å². The molecule has 0 radical (unpaired) electrons. The maximum Gasteiger partial charge on any atom is 0.165 e. The van der Waals surface area contributed by atoms with Crippen LogP contribution in [0.15, 0.2) is 6.07 Å². The van der Waals surface area contributed by atoms with E-state index in [-0.39, 0.29) is 5.41 Å². The van der Waals surface area contributed by atoms with E-state index >= 15 is 0 Å². The quantitative estimate of drug-likeness (QED) is 0.762. The number of carbonyl (C=O) groups excluding carboxylic acids is 1. The summed E-state index contributed by atoms with van der Waals surface area (Å²) in [5.41, 5.74) is 3.61. The van der Waals surface area contributed by atoms with Crippen molar-refractivity contribution in [2.75, 3.05) is 0 Å². The van der Waals surface area contributed by atoms with Crippen LogP contribution in [0, 0.1) is 18.3 Å². The summed E-state index contributed by atoms with van der Waals surface area (Å²) in [6, 6.07) is 2.59. The van der Waals surface area contributed by atoms with Crippen molar-refractivity contribution < 1.29 is 4.79 Å². The lowest BCUT2D eigenvalue weighted by atomic mass is 9.76. The van der Waals surface area contributed by atoms with Crippen LogP contribution in [0.4, 0.5) is 0 Å². The second-order valence-corrected chi connectivity index (χ2v) is 7.56. The fourth-order valence-electron chi connectivity index (χ4n) is 3.64. The number of hydrogen-bond donors (Lipinski definition) is 0. The molecule has 1 aliphatic rings. The molecule has 2 unspecified atom stereocenters. The summed E-state index contributed by atoms with van der Waals surface area (Å²) in [7, 11) is 0. The van der Waals surface area contributed by atoms with Crippen molar-refractivity contribution in [3.8, 4) is 0 Å². The summed E-state index contributed by atoms with van der Waals surface area (Å²) < 4.78 is 2.43. The van der Waals surface area contributed by atoms with Gasteiger partial charge in [-0.25, -0.2) is 0 Å². The van der Waals surface area contributed by atoms with E-state index < -0.39 is 0 Å². The van der Waals surface area contributed by atoms with Crippen LogP contribution in [-0.4, -0.2) is 10.4 Å². The molecule has 2 rings (SSSR count). The molecule has 20 heavy (non-hydrogen) atoms. The molecule has 112 valence electrons. The van der Waals surface area contributed by atoms with Gasteiger partial charge in [0.2, 0.25) is 0 Å². The van der Waals surface area contributed by atoms with E-state index in [2.05, 4.69) is 52.2 Å². The third-order valence-electron chi connectivity index (χ3n) is 4.80. The van der Waals surface area contributed by atoms with Crippen molar-refractivity contribution in [1.82, 2.24) is 4.57 Å². The summed E-state index contributed by atoms with van der Waals surface area (Å²) >= 11 is 0. The SMILES string of the molecule is CCC(C)CC(C)n1c(C)cc2c1CC(C)(C)CC2=O. The zero-order valence-corrected chi connectivity index (χ0v) is 13.9. The molecule has 0 amide bonds. The lowest BCUT2D eigenvalue weighted by Gasteiger charge is -2.31. The number of fused-ring (bicyclic) bond motifs is 1. The van der Waals surface area contributed by atoms with Crippen molar-refractivity contribution in [1.29, 1.82) is 0 Å². The Morgan fingerprint density at radius 1 is 1.30 bits per heavy atom. The normalized spacial score (nSPS) is 20.6. The Kier molecular flexibility index (Phi) is 4.13. The van der Waals surface area contributed by atoms with Crippen LogP contribution in [0.1, 0.15) is 81.7 Å². The molecule has 2 atom stereocenters. The molecule has 0 saturated carbocycles. The number of nitrogens with zero attached hydrogens (tertiary/aromatic N) is 1. The van der Waals surface area contributed by atoms with Gasteiger partial charge in [-0.2, -0.15) is 0 Å². The molecule has 1 aromatic rings. The minimum absolute atomic E-state index is 0.0999. The molecule has 0 fully saturated rings. The summed E-state index contributed by atoms with van der Waals surface area (Å²) in [5.74, 6) is 1.06. The standard InChI is InChI=1S/C18H29NO/c1-7-12(2)8-13(3)19-14(4)9-15-16(19)10-18(5,6)11-17(15)20/h9,12-13H,7-8,10-11H2,1-6H3. The highest BCUT2D eigenvalue weighted by atomic mass is 16.1. The highest BCUT2D eigenvalue weighted by molar-refractivity contribution is 5.99. The lowest BCUT2D eigenvalue weighted by Crippen LogP contribution is -2.29. The number of ketones is 1. The predicted molar refractivity (Wildman–Crippen MR) is 84.4 cm³/mol. The van der Waals surface area contributed by atoms with Crippen LogP contribution < -0.4 is 0 Å². The summed E-state index contributed by atoms with van der Waals surface area (Å²) in [6.45, 7) is 13.4. The highest BCUT2D eigenvalue weighted by Gasteiger charge is 2.34. The topological polar surface area (TPSA) is 22.0 Å². The van der Waals surface area contributed by atoms with Crippen molar-refractivity contribution in [2.45, 2.75) is 73.3 Å². The Hall–Kier alpha value is -1.05. The Balaban J connectivity index is 2.38. The van der Waals surface area contributed by atoms with E-state index in [0.29, 0.717) is 18.2 Å². The number of rotatable bonds is 4. The molecule has 0 aromatic carbocycles. The first-order valence-electron chi connectivity index (χ1n) is 7.99. The zero-order valence-electron chi connectivity index (χ0n) is 13.9. The van der Waals surface area contributed by atoms with E-state index in [1.807, 2.05) is 0 Å². The van der Waals surface area contributed by atoms with Crippen LogP contribution in [0.25, 0.3) is 0 Å². The first kappa shape index (κ1) is 15.3. The first-order valence-corrected chi connectivity index (χ1v) is 7.99. The maximum absolute atomic E-state index is 12.4. The lowest BCUT2D eigenvalue weighted by molar-refractivity contribution is 0.0909. The Morgan fingerprint density at radius 3 is 2.55 bits per heavy atom. The molecular weight excluding hydrogens is 246 g/mol. The number of Topliss-reactive ketones (excluding diaryl/α,β-unsaturated/α-hetero) is 1. The summed E-state index contributed by atoms with van der Waals surface area (Å²) in [6.07, 6.45) is 4.11. The molecule has 0 aliphatic heterocycles. The van der Waals surface area contributed by atoms with Crippen LogP contribution in [0.3, 0.4) is 0 Å². The molecule has 1 aromatic heterocycles. The fourth-order valence-corrected chi connectivity index (χ4v) is 3.64. The van der Waals surface area contributed by atoms with Gasteiger partial charge in [0.1, 0.15) is 0 Å². The fraction of sp³-hybridized carbons (Fsp3) is 0.722. The van der Waals surface area contributed by atoms with Gasteiger partial charge in [0.25, 0.3) is 0 Å². The van der Waals surface area contributed by atoms with Crippen LogP contribution in [0.2, 0.25) is 0 Å². The van der Waals surface area contributed by atoms with Gasteiger partial charge in [0, 0.05) is 29.4 Å². The van der Waals surface area contributed by atoms with Gasteiger partial charge in [-0.3, -0.25) is 4.79 Å². The average Bonchev–Trinajstić information content (AvgIpc) is 2.64. The minimum atomic E-state index is 0.0999. The van der Waals surface area contributed by atoms with E-state index in [1.165, 1.54) is 24.2 Å². The van der Waals surface area contributed by atoms with Crippen molar-refractivity contribution >= 4 is 5.78 Å². The Labute approximate surface area is 123 Å². The average molecular weight is 275 g/mol. The molecule has 0 N–H and O–H groups in total. The van der Waals surface area contributed by atoms with Gasteiger partial charge < -0.3 is 4.57 Å². The van der Waals surface area contributed by atoms with E-state index in [9.17, 15) is 4.79 Å². The van der Waals surface area contributed by atoms with E-state index in [1.54, 1.807) is 0 Å². The highest BCUT2D eigenvalue weighted by Crippen LogP contribution is 2.38. The van der Waals surface area contributed by atoms with Crippen LogP contribution in [-0.2, 0) is 6.42 Å². The Bertz CT molecular complexity index is 510. The summed E-state index contributed by atoms with van der Waals surface area (Å²) in [5, 5.41) is 0. The van der Waals surface area contributed by atoms with Crippen molar-refractivity contribution in [3.63, 3.8) is 0 Å². The number of carbonyl (C=O) groups is 1. The van der Waals surface area contributed by atoms with Gasteiger partial charge in [-0.05, 0) is 44.1 Å². The summed E-state index contributed by atoms with van der Waals surface area (Å²) in [4.78, 5) is 12.4. The molecule has 2 heteroatoms. The minimum Gasteiger partial charge on any atom is -0.345 e. The second-order valence-electron chi connectivity index (χ2n) is 7.56. The Morgan fingerprint density at radius 2 is 1.95 bits per heavy atom. The third kappa shape index (κ3) is 2.84. The molecule has 0 bridgehead atoms. The molecule has 0 saturated heterocycles. The first-order chi connectivity index (χ1) is 9.25. The smallest absolute Gasteiger partial charge is 0.165 e. The molecule has 1 heterocycles. The molecule has 1 aliphatic carbocycles. The van der Waals surface area contributed by atoms with Gasteiger partial charge >= 0.3 is 0 Å². The van der Waals surface area contributed by atoms with Gasteiger partial charge in [-0.1, -0.05) is 34.1 Å². The third-order valence-corrected chi connectivity index (χ3v) is 4.80. The van der Waals surface area contributed by atoms with E-state index in [4.69, 9.17) is 0 Å². The van der Waals surface area contributed by atoms with Gasteiger partial charge in [0.15, 0.2) is 5.78 Å². The van der Waals surface area contributed by atoms with Crippen molar-refractivity contribution in [2.24, 2.45) is 11.3 Å². The molecule has 0 spiro atoms. The largest absolute Gasteiger partial charge is 0.345 e. The van der Waals surface area contributed by atoms with Crippen LogP contribution in [0.5, 0.6) is 0 Å². The monoisotopic (exact) mass is 275 g/mol. The number of aromatic nitrogens is 1. The van der Waals surface area contributed by atoms with Crippen LogP contribution >= 0.6 is 0 Å². The maximum atomic E-state index is 12.4. The van der Waals surface area contributed by atoms with Gasteiger partial charge in [0.05, 0.1) is 0 Å². The van der Waals surface area contributed by atoms with Gasteiger partial charge in [-0.15, -0.1) is 0 Å². The predicted octanol–water partition coefficient (Wildman–Crippen LogP) is 4.95. The van der Waals surface area contributed by atoms with Crippen molar-refractivity contribution in [3.05, 3.63) is 23.0 Å². The number of aryl methyl sites for hydroxylation is 1. The molecule has 2 nitrogen and oxygen atoms in total. The number of hydrogen-bond acceptors (Lipinski definition) is 1. The molecular formula is C18H29NO.